The van der Waals surface area contributed by atoms with E-state index in [9.17, 15) is 19.5 Å². The summed E-state index contributed by atoms with van der Waals surface area (Å²) in [5.74, 6) is -0.781. The second-order valence-electron chi connectivity index (χ2n) is 14.7. The third-order valence-corrected chi connectivity index (χ3v) is 15.1. The molecule has 286 valence electrons. The number of unbranched alkanes of at least 4 members (excludes halogenated alkanes) is 1. The van der Waals surface area contributed by atoms with Crippen LogP contribution in [0.2, 0.25) is 5.04 Å². The number of alkyl carbamates (subject to hydrolysis) is 1. The van der Waals surface area contributed by atoms with Crippen LogP contribution in [0.5, 0.6) is 0 Å². The first-order valence-corrected chi connectivity index (χ1v) is 20.5. The Balaban J connectivity index is 1.23. The number of nitrogens with one attached hydrogen (secondary N) is 2. The van der Waals surface area contributed by atoms with E-state index in [-0.39, 0.29) is 36.7 Å². The van der Waals surface area contributed by atoms with Gasteiger partial charge in [0.25, 0.3) is 8.32 Å². The van der Waals surface area contributed by atoms with Crippen molar-refractivity contribution in [1.82, 2.24) is 15.5 Å². The Hall–Kier alpha value is -4.97. The molecule has 11 heteroatoms. The van der Waals surface area contributed by atoms with Crippen molar-refractivity contribution in [3.05, 3.63) is 132 Å². The van der Waals surface area contributed by atoms with Crippen LogP contribution in [0.1, 0.15) is 57.1 Å². The van der Waals surface area contributed by atoms with Crippen LogP contribution in [-0.2, 0) is 18.7 Å². The minimum atomic E-state index is -2.85. The predicted molar refractivity (Wildman–Crippen MR) is 213 cm³/mol. The maximum atomic E-state index is 13.7. The molecule has 1 aliphatic heterocycles. The number of ether oxygens (including phenoxy) is 2. The molecule has 1 saturated heterocycles. The molecule has 0 saturated carbocycles. The number of rotatable bonds is 15. The van der Waals surface area contributed by atoms with Crippen LogP contribution in [0.3, 0.4) is 0 Å². The Morgan fingerprint density at radius 2 is 1.30 bits per heavy atom. The monoisotopic (exact) mass is 751 g/mol. The van der Waals surface area contributed by atoms with E-state index in [1.165, 1.54) is 12.0 Å². The fraction of sp³-hybridized carbons (Fsp3) is 0.372. The molecule has 54 heavy (non-hydrogen) atoms. The van der Waals surface area contributed by atoms with Crippen LogP contribution < -0.4 is 21.0 Å². The van der Waals surface area contributed by atoms with E-state index in [0.717, 1.165) is 21.5 Å². The standard InChI is InChI=1S/C43H53N3O7Si/c1-43(2,3)54(36-24-13-7-14-25-36,37-26-15-8-16-27-37)52-31-35-30-46(42(49)50)29-34(53-35)23-17-18-28-44-40(47)39(45-41(48)51-4)38(32-19-9-5-10-20-32)33-21-11-6-12-22-33/h5-16,19-22,24-27,34-35,38-39H,17-18,23,28-31H2,1-4H3,(H,44,47)(H,45,48)(H,49,50)/t34?,35-,39-/m0/s1. The summed E-state index contributed by atoms with van der Waals surface area (Å²) in [6, 6.07) is 39.0. The Labute approximate surface area is 320 Å². The van der Waals surface area contributed by atoms with E-state index < -0.39 is 38.6 Å². The molecule has 0 spiro atoms. The molecule has 0 aliphatic carbocycles. The van der Waals surface area contributed by atoms with Crippen LogP contribution in [0, 0.1) is 0 Å². The third-order valence-electron chi connectivity index (χ3n) is 10.1. The van der Waals surface area contributed by atoms with Gasteiger partial charge in [-0.1, -0.05) is 142 Å². The van der Waals surface area contributed by atoms with E-state index in [4.69, 9.17) is 13.9 Å². The number of hydrogen-bond acceptors (Lipinski definition) is 6. The molecule has 4 aromatic rings. The van der Waals surface area contributed by atoms with Crippen molar-refractivity contribution in [2.24, 2.45) is 0 Å². The highest BCUT2D eigenvalue weighted by atomic mass is 28.4. The Morgan fingerprint density at radius 1 is 0.796 bits per heavy atom. The molecule has 1 heterocycles. The minimum Gasteiger partial charge on any atom is -0.465 e. The van der Waals surface area contributed by atoms with Crippen molar-refractivity contribution in [3.63, 3.8) is 0 Å². The Morgan fingerprint density at radius 3 is 1.78 bits per heavy atom. The second kappa shape index (κ2) is 18.9. The van der Waals surface area contributed by atoms with E-state index in [1.807, 2.05) is 97.1 Å². The van der Waals surface area contributed by atoms with E-state index in [0.29, 0.717) is 25.8 Å². The fourth-order valence-corrected chi connectivity index (χ4v) is 12.1. The number of hydrogen-bond donors (Lipinski definition) is 3. The summed E-state index contributed by atoms with van der Waals surface area (Å²) >= 11 is 0. The van der Waals surface area contributed by atoms with Crippen LogP contribution >= 0.6 is 0 Å². The molecule has 1 aliphatic rings. The lowest BCUT2D eigenvalue weighted by molar-refractivity contribution is -0.123. The predicted octanol–water partition coefficient (Wildman–Crippen LogP) is 6.15. The number of morpholine rings is 1. The van der Waals surface area contributed by atoms with Crippen LogP contribution in [-0.4, -0.2) is 88.0 Å². The number of nitrogens with zero attached hydrogens (tertiary/aromatic N) is 1. The molecular weight excluding hydrogens is 699 g/mol. The molecule has 4 aromatic carbocycles. The van der Waals surface area contributed by atoms with Gasteiger partial charge in [-0.15, -0.1) is 0 Å². The number of carbonyl (C=O) groups is 3. The summed E-state index contributed by atoms with van der Waals surface area (Å²) in [7, 11) is -1.57. The largest absolute Gasteiger partial charge is 0.465 e. The Bertz CT molecular complexity index is 1700. The fourth-order valence-electron chi connectivity index (χ4n) is 7.51. The first-order chi connectivity index (χ1) is 26.0. The molecule has 1 fully saturated rings. The lowest BCUT2D eigenvalue weighted by atomic mass is 9.84. The smallest absolute Gasteiger partial charge is 0.407 e. The molecule has 0 bridgehead atoms. The summed E-state index contributed by atoms with van der Waals surface area (Å²) in [6.07, 6.45) is -0.521. The van der Waals surface area contributed by atoms with Gasteiger partial charge in [0.05, 0.1) is 39.0 Å². The molecule has 3 N–H and O–H groups in total. The van der Waals surface area contributed by atoms with Gasteiger partial charge in [0.1, 0.15) is 6.04 Å². The average Bonchev–Trinajstić information content (AvgIpc) is 3.18. The zero-order chi connectivity index (χ0) is 38.6. The lowest BCUT2D eigenvalue weighted by Gasteiger charge is -2.45. The summed E-state index contributed by atoms with van der Waals surface area (Å²) in [5.41, 5.74) is 1.76. The number of amides is 3. The quantitative estimate of drug-likeness (QED) is 0.0983. The van der Waals surface area contributed by atoms with E-state index in [2.05, 4.69) is 55.7 Å². The highest BCUT2D eigenvalue weighted by Gasteiger charge is 2.50. The SMILES string of the molecule is COC(=O)N[C@H](C(=O)NCCCCC1CN(C(=O)O)C[C@@H](CO[Si](c2ccccc2)(c2ccccc2)C(C)(C)C)O1)C(c1ccccc1)c1ccccc1. The summed E-state index contributed by atoms with van der Waals surface area (Å²) in [6.45, 7) is 7.74. The molecule has 0 aromatic heterocycles. The summed E-state index contributed by atoms with van der Waals surface area (Å²) in [4.78, 5) is 39.9. The summed E-state index contributed by atoms with van der Waals surface area (Å²) in [5, 5.41) is 17.9. The minimum absolute atomic E-state index is 0.221. The highest BCUT2D eigenvalue weighted by molar-refractivity contribution is 6.99. The molecular formula is C43H53N3O7Si. The average molecular weight is 752 g/mol. The third kappa shape index (κ3) is 9.96. The van der Waals surface area contributed by atoms with Crippen molar-refractivity contribution >= 4 is 36.8 Å². The van der Waals surface area contributed by atoms with Crippen LogP contribution in [0.15, 0.2) is 121 Å². The van der Waals surface area contributed by atoms with E-state index >= 15 is 0 Å². The van der Waals surface area contributed by atoms with Gasteiger partial charge in [-0.25, -0.2) is 9.59 Å². The molecule has 3 amide bonds. The van der Waals surface area contributed by atoms with Gasteiger partial charge in [0, 0.05) is 12.5 Å². The van der Waals surface area contributed by atoms with Gasteiger partial charge in [-0.3, -0.25) is 4.79 Å². The van der Waals surface area contributed by atoms with Crippen molar-refractivity contribution in [3.8, 4) is 0 Å². The Kier molecular flexibility index (Phi) is 14.1. The molecule has 3 atom stereocenters. The molecule has 10 nitrogen and oxygen atoms in total. The zero-order valence-corrected chi connectivity index (χ0v) is 32.7. The van der Waals surface area contributed by atoms with Gasteiger partial charge in [-0.05, 0) is 45.8 Å². The van der Waals surface area contributed by atoms with Gasteiger partial charge >= 0.3 is 12.2 Å². The van der Waals surface area contributed by atoms with Crippen LogP contribution in [0.25, 0.3) is 0 Å². The van der Waals surface area contributed by atoms with E-state index in [1.54, 1.807) is 0 Å². The number of carbonyl (C=O) groups excluding carboxylic acids is 2. The first kappa shape index (κ1) is 40.2. The number of benzene rings is 4. The topological polar surface area (TPSA) is 126 Å². The maximum absolute atomic E-state index is 13.7. The zero-order valence-electron chi connectivity index (χ0n) is 31.7. The van der Waals surface area contributed by atoms with Gasteiger partial charge in [0.15, 0.2) is 0 Å². The van der Waals surface area contributed by atoms with Gasteiger partial charge < -0.3 is 34.5 Å². The second-order valence-corrected chi connectivity index (χ2v) is 19.0. The highest BCUT2D eigenvalue weighted by Crippen LogP contribution is 2.37. The van der Waals surface area contributed by atoms with Crippen molar-refractivity contribution in [2.45, 2.75) is 69.2 Å². The van der Waals surface area contributed by atoms with Crippen molar-refractivity contribution < 1.29 is 33.4 Å². The summed E-state index contributed by atoms with van der Waals surface area (Å²) < 4.78 is 18.5. The maximum Gasteiger partial charge on any atom is 0.407 e. The van der Waals surface area contributed by atoms with Crippen LogP contribution in [0.4, 0.5) is 9.59 Å². The number of carboxylic acid groups (broad SMARTS) is 1. The van der Waals surface area contributed by atoms with Crippen molar-refractivity contribution in [1.29, 1.82) is 0 Å². The van der Waals surface area contributed by atoms with Gasteiger partial charge in [-0.2, -0.15) is 0 Å². The molecule has 1 unspecified atom stereocenters. The first-order valence-electron chi connectivity index (χ1n) is 18.6. The van der Waals surface area contributed by atoms with Gasteiger partial charge in [0.2, 0.25) is 5.91 Å². The lowest BCUT2D eigenvalue weighted by Crippen LogP contribution is -2.67. The van der Waals surface area contributed by atoms with Crippen molar-refractivity contribution in [2.75, 3.05) is 33.4 Å². The molecule has 0 radical (unpaired) electrons. The normalized spacial score (nSPS) is 16.7. The molecule has 5 rings (SSSR count). The number of methoxy groups -OCH3 is 1.